The Hall–Kier alpha value is -2.35. The SMILES string of the molecule is CC(C)(C)N1C[C@@H](C(=O)N2CCC(c3cccc(C#N)c3)CC2)CC1=O. The van der Waals surface area contributed by atoms with Crippen molar-refractivity contribution in [3.63, 3.8) is 0 Å². The van der Waals surface area contributed by atoms with Gasteiger partial charge < -0.3 is 9.80 Å². The minimum absolute atomic E-state index is 0.0825. The van der Waals surface area contributed by atoms with Crippen LogP contribution in [-0.4, -0.2) is 46.8 Å². The second-order valence-electron chi connectivity index (χ2n) is 8.41. The molecule has 2 heterocycles. The Labute approximate surface area is 155 Å². The molecular weight excluding hydrogens is 326 g/mol. The highest BCUT2D eigenvalue weighted by Crippen LogP contribution is 2.31. The van der Waals surface area contributed by atoms with Crippen LogP contribution in [0.5, 0.6) is 0 Å². The molecular formula is C21H27N3O2. The monoisotopic (exact) mass is 353 g/mol. The summed E-state index contributed by atoms with van der Waals surface area (Å²) in [5.74, 6) is 0.386. The molecule has 5 nitrogen and oxygen atoms in total. The molecule has 0 radical (unpaired) electrons. The molecule has 0 aromatic heterocycles. The lowest BCUT2D eigenvalue weighted by Crippen LogP contribution is -2.45. The fourth-order valence-corrected chi connectivity index (χ4v) is 4.07. The van der Waals surface area contributed by atoms with E-state index in [1.807, 2.05) is 48.8 Å². The predicted molar refractivity (Wildman–Crippen MR) is 99.3 cm³/mol. The van der Waals surface area contributed by atoms with Crippen LogP contribution in [0.25, 0.3) is 0 Å². The highest BCUT2D eigenvalue weighted by atomic mass is 16.2. The first-order chi connectivity index (χ1) is 12.3. The van der Waals surface area contributed by atoms with E-state index >= 15 is 0 Å². The van der Waals surface area contributed by atoms with Crippen molar-refractivity contribution in [2.45, 2.75) is 51.5 Å². The van der Waals surface area contributed by atoms with E-state index in [2.05, 4.69) is 12.1 Å². The van der Waals surface area contributed by atoms with Crippen molar-refractivity contribution in [2.75, 3.05) is 19.6 Å². The number of hydrogen-bond donors (Lipinski definition) is 0. The number of amides is 2. The number of nitriles is 1. The molecule has 26 heavy (non-hydrogen) atoms. The number of likely N-dealkylation sites (tertiary alicyclic amines) is 2. The van der Waals surface area contributed by atoms with Crippen molar-refractivity contribution in [3.05, 3.63) is 35.4 Å². The van der Waals surface area contributed by atoms with E-state index in [9.17, 15) is 9.59 Å². The van der Waals surface area contributed by atoms with Gasteiger partial charge in [-0.2, -0.15) is 5.26 Å². The Bertz CT molecular complexity index is 736. The van der Waals surface area contributed by atoms with Gasteiger partial charge in [-0.05, 0) is 57.2 Å². The Morgan fingerprint density at radius 2 is 1.92 bits per heavy atom. The summed E-state index contributed by atoms with van der Waals surface area (Å²) in [6.07, 6.45) is 2.15. The van der Waals surface area contributed by atoms with Crippen LogP contribution >= 0.6 is 0 Å². The van der Waals surface area contributed by atoms with Crippen molar-refractivity contribution in [3.8, 4) is 6.07 Å². The molecule has 0 bridgehead atoms. The minimum atomic E-state index is -0.231. The number of nitrogens with zero attached hydrogens (tertiary/aromatic N) is 3. The number of carbonyl (C=O) groups is 2. The van der Waals surface area contributed by atoms with E-state index in [1.54, 1.807) is 0 Å². The molecule has 5 heteroatoms. The highest BCUT2D eigenvalue weighted by molar-refractivity contribution is 5.89. The van der Waals surface area contributed by atoms with Gasteiger partial charge in [-0.1, -0.05) is 12.1 Å². The molecule has 2 aliphatic heterocycles. The molecule has 138 valence electrons. The molecule has 0 spiro atoms. The van der Waals surface area contributed by atoms with Crippen LogP contribution in [0.3, 0.4) is 0 Å². The Morgan fingerprint density at radius 3 is 2.50 bits per heavy atom. The van der Waals surface area contributed by atoms with Crippen LogP contribution in [0.4, 0.5) is 0 Å². The van der Waals surface area contributed by atoms with Crippen LogP contribution in [-0.2, 0) is 9.59 Å². The number of carbonyl (C=O) groups excluding carboxylic acids is 2. The normalized spacial score (nSPS) is 21.8. The van der Waals surface area contributed by atoms with Gasteiger partial charge in [0.25, 0.3) is 0 Å². The molecule has 0 aliphatic carbocycles. The number of hydrogen-bond acceptors (Lipinski definition) is 3. The van der Waals surface area contributed by atoms with Gasteiger partial charge in [0.2, 0.25) is 11.8 Å². The second kappa shape index (κ2) is 7.11. The first-order valence-corrected chi connectivity index (χ1v) is 9.39. The van der Waals surface area contributed by atoms with Gasteiger partial charge in [0, 0.05) is 31.6 Å². The van der Waals surface area contributed by atoms with Crippen LogP contribution in [0.1, 0.15) is 57.1 Å². The van der Waals surface area contributed by atoms with Crippen molar-refractivity contribution in [1.82, 2.24) is 9.80 Å². The summed E-state index contributed by atoms with van der Waals surface area (Å²) in [6.45, 7) is 8.02. The molecule has 0 saturated carbocycles. The van der Waals surface area contributed by atoms with Crippen molar-refractivity contribution >= 4 is 11.8 Å². The van der Waals surface area contributed by atoms with Crippen LogP contribution in [0, 0.1) is 17.2 Å². The average molecular weight is 353 g/mol. The first kappa shape index (κ1) is 18.4. The zero-order valence-electron chi connectivity index (χ0n) is 15.9. The van der Waals surface area contributed by atoms with Gasteiger partial charge in [0.15, 0.2) is 0 Å². The molecule has 2 saturated heterocycles. The summed E-state index contributed by atoms with van der Waals surface area (Å²) in [6, 6.07) is 9.96. The van der Waals surface area contributed by atoms with Gasteiger partial charge in [-0.15, -0.1) is 0 Å². The number of piperidine rings is 1. The maximum atomic E-state index is 12.9. The molecule has 0 N–H and O–H groups in total. The van der Waals surface area contributed by atoms with E-state index in [1.165, 1.54) is 5.56 Å². The van der Waals surface area contributed by atoms with E-state index in [0.717, 1.165) is 25.9 Å². The fourth-order valence-electron chi connectivity index (χ4n) is 4.07. The molecule has 2 fully saturated rings. The van der Waals surface area contributed by atoms with Crippen molar-refractivity contribution in [2.24, 2.45) is 5.92 Å². The second-order valence-corrected chi connectivity index (χ2v) is 8.41. The van der Waals surface area contributed by atoms with Crippen molar-refractivity contribution in [1.29, 1.82) is 5.26 Å². The predicted octanol–water partition coefficient (Wildman–Crippen LogP) is 2.91. The van der Waals surface area contributed by atoms with Crippen molar-refractivity contribution < 1.29 is 9.59 Å². The van der Waals surface area contributed by atoms with Gasteiger partial charge in [-0.3, -0.25) is 9.59 Å². The summed E-state index contributed by atoms with van der Waals surface area (Å²) in [5.41, 5.74) is 1.64. The van der Waals surface area contributed by atoms with Gasteiger partial charge in [0.05, 0.1) is 17.6 Å². The molecule has 1 aromatic carbocycles. The fraction of sp³-hybridized carbons (Fsp3) is 0.571. The lowest BCUT2D eigenvalue weighted by Gasteiger charge is -2.35. The smallest absolute Gasteiger partial charge is 0.227 e. The maximum Gasteiger partial charge on any atom is 0.227 e. The molecule has 1 atom stereocenters. The zero-order chi connectivity index (χ0) is 18.9. The lowest BCUT2D eigenvalue weighted by molar-refractivity contribution is -0.136. The Kier molecular flexibility index (Phi) is 5.04. The Morgan fingerprint density at radius 1 is 1.23 bits per heavy atom. The summed E-state index contributed by atoms with van der Waals surface area (Å²) in [7, 11) is 0. The molecule has 0 unspecified atom stereocenters. The quantitative estimate of drug-likeness (QED) is 0.821. The standard InChI is InChI=1S/C21H27N3O2/c1-21(2,3)24-14-18(12-19(24)25)20(26)23-9-7-16(8-10-23)17-6-4-5-15(11-17)13-22/h4-6,11,16,18H,7-10,12,14H2,1-3H3/t18-/m0/s1. The Balaban J connectivity index is 1.59. The summed E-state index contributed by atoms with van der Waals surface area (Å²) in [5, 5.41) is 9.06. The average Bonchev–Trinajstić information content (AvgIpc) is 3.03. The zero-order valence-corrected chi connectivity index (χ0v) is 15.9. The summed E-state index contributed by atoms with van der Waals surface area (Å²) >= 11 is 0. The van der Waals surface area contributed by atoms with Crippen LogP contribution in [0.2, 0.25) is 0 Å². The molecule has 1 aromatic rings. The number of rotatable bonds is 2. The molecule has 2 aliphatic rings. The third-order valence-electron chi connectivity index (χ3n) is 5.58. The van der Waals surface area contributed by atoms with Crippen LogP contribution < -0.4 is 0 Å². The summed E-state index contributed by atoms with van der Waals surface area (Å²) in [4.78, 5) is 28.9. The largest absolute Gasteiger partial charge is 0.342 e. The minimum Gasteiger partial charge on any atom is -0.342 e. The molecule has 3 rings (SSSR count). The van der Waals surface area contributed by atoms with E-state index in [0.29, 0.717) is 24.4 Å². The van der Waals surface area contributed by atoms with Gasteiger partial charge >= 0.3 is 0 Å². The lowest BCUT2D eigenvalue weighted by atomic mass is 9.88. The van der Waals surface area contributed by atoms with E-state index < -0.39 is 0 Å². The van der Waals surface area contributed by atoms with E-state index in [-0.39, 0.29) is 23.3 Å². The van der Waals surface area contributed by atoms with Gasteiger partial charge in [0.1, 0.15) is 0 Å². The first-order valence-electron chi connectivity index (χ1n) is 9.39. The number of benzene rings is 1. The third-order valence-corrected chi connectivity index (χ3v) is 5.58. The van der Waals surface area contributed by atoms with Crippen LogP contribution in [0.15, 0.2) is 24.3 Å². The van der Waals surface area contributed by atoms with E-state index in [4.69, 9.17) is 5.26 Å². The maximum absolute atomic E-state index is 12.9. The van der Waals surface area contributed by atoms with Gasteiger partial charge in [-0.25, -0.2) is 0 Å². The topological polar surface area (TPSA) is 64.4 Å². The highest BCUT2D eigenvalue weighted by Gasteiger charge is 2.41. The summed E-state index contributed by atoms with van der Waals surface area (Å²) < 4.78 is 0. The molecule has 2 amide bonds. The third kappa shape index (κ3) is 3.75.